The van der Waals surface area contributed by atoms with E-state index in [0.29, 0.717) is 18.3 Å². The lowest BCUT2D eigenvalue weighted by Crippen LogP contribution is -2.00. The summed E-state index contributed by atoms with van der Waals surface area (Å²) in [6.45, 7) is 0.477. The minimum Gasteiger partial charge on any atom is -0.472 e. The number of hydrogen-bond acceptors (Lipinski definition) is 3. The Kier molecular flexibility index (Phi) is 4.26. The summed E-state index contributed by atoms with van der Waals surface area (Å²) in [4.78, 5) is 8.80. The topological polar surface area (TPSA) is 35.0 Å². The summed E-state index contributed by atoms with van der Waals surface area (Å²) < 4.78 is 6.54. The molecule has 0 saturated carbocycles. The SMILES string of the molecule is Brc1cnc(-c2ccccc2)nc1OCc1ccccc1. The zero-order chi connectivity index (χ0) is 14.5. The van der Waals surface area contributed by atoms with Gasteiger partial charge in [-0.2, -0.15) is 4.98 Å². The minimum absolute atomic E-state index is 0.477. The highest BCUT2D eigenvalue weighted by molar-refractivity contribution is 9.10. The Morgan fingerprint density at radius 1 is 0.905 bits per heavy atom. The molecule has 0 spiro atoms. The Morgan fingerprint density at radius 2 is 1.57 bits per heavy atom. The number of rotatable bonds is 4. The van der Waals surface area contributed by atoms with Crippen molar-refractivity contribution in [2.45, 2.75) is 6.61 Å². The van der Waals surface area contributed by atoms with Crippen LogP contribution in [0.15, 0.2) is 71.3 Å². The van der Waals surface area contributed by atoms with Gasteiger partial charge in [-0.1, -0.05) is 60.7 Å². The lowest BCUT2D eigenvalue weighted by molar-refractivity contribution is 0.291. The molecule has 0 fully saturated rings. The van der Waals surface area contributed by atoms with Gasteiger partial charge in [0, 0.05) is 11.8 Å². The predicted octanol–water partition coefficient (Wildman–Crippen LogP) is 4.49. The Hall–Kier alpha value is -2.20. The summed E-state index contributed by atoms with van der Waals surface area (Å²) in [7, 11) is 0. The van der Waals surface area contributed by atoms with E-state index in [1.807, 2.05) is 60.7 Å². The maximum atomic E-state index is 5.79. The normalized spacial score (nSPS) is 10.3. The third kappa shape index (κ3) is 3.47. The molecule has 1 heterocycles. The van der Waals surface area contributed by atoms with E-state index >= 15 is 0 Å². The van der Waals surface area contributed by atoms with Gasteiger partial charge in [-0.05, 0) is 21.5 Å². The van der Waals surface area contributed by atoms with E-state index in [0.717, 1.165) is 15.6 Å². The van der Waals surface area contributed by atoms with Crippen molar-refractivity contribution in [2.75, 3.05) is 0 Å². The fraction of sp³-hybridized carbons (Fsp3) is 0.0588. The molecule has 2 aromatic carbocycles. The molecular formula is C17H13BrN2O. The fourth-order valence-electron chi connectivity index (χ4n) is 1.90. The molecule has 0 saturated heterocycles. The van der Waals surface area contributed by atoms with Crippen LogP contribution in [0.2, 0.25) is 0 Å². The molecule has 0 radical (unpaired) electrons. The molecule has 0 aliphatic carbocycles. The third-order valence-electron chi connectivity index (χ3n) is 2.96. The highest BCUT2D eigenvalue weighted by Crippen LogP contribution is 2.25. The average Bonchev–Trinajstić information content (AvgIpc) is 2.56. The molecule has 0 aliphatic heterocycles. The number of halogens is 1. The number of hydrogen-bond donors (Lipinski definition) is 0. The summed E-state index contributed by atoms with van der Waals surface area (Å²) in [6, 6.07) is 19.9. The van der Waals surface area contributed by atoms with Crippen LogP contribution in [0, 0.1) is 0 Å². The van der Waals surface area contributed by atoms with Crippen molar-refractivity contribution < 1.29 is 4.74 Å². The molecule has 3 rings (SSSR count). The van der Waals surface area contributed by atoms with Gasteiger partial charge in [0.2, 0.25) is 5.88 Å². The first-order valence-electron chi connectivity index (χ1n) is 6.57. The molecule has 104 valence electrons. The first-order chi connectivity index (χ1) is 10.3. The van der Waals surface area contributed by atoms with Crippen molar-refractivity contribution in [3.05, 3.63) is 76.9 Å². The van der Waals surface area contributed by atoms with Crippen LogP contribution in [-0.4, -0.2) is 9.97 Å². The van der Waals surface area contributed by atoms with E-state index in [9.17, 15) is 0 Å². The molecule has 0 aliphatic rings. The van der Waals surface area contributed by atoms with E-state index in [1.54, 1.807) is 6.20 Å². The van der Waals surface area contributed by atoms with Crippen molar-refractivity contribution in [1.29, 1.82) is 0 Å². The quantitative estimate of drug-likeness (QED) is 0.702. The maximum Gasteiger partial charge on any atom is 0.231 e. The van der Waals surface area contributed by atoms with Crippen LogP contribution in [-0.2, 0) is 6.61 Å². The predicted molar refractivity (Wildman–Crippen MR) is 85.9 cm³/mol. The Balaban J connectivity index is 1.82. The maximum absolute atomic E-state index is 5.79. The molecule has 0 N–H and O–H groups in total. The van der Waals surface area contributed by atoms with Crippen molar-refractivity contribution in [3.8, 4) is 17.3 Å². The second kappa shape index (κ2) is 6.50. The minimum atomic E-state index is 0.477. The summed E-state index contributed by atoms with van der Waals surface area (Å²) in [5.41, 5.74) is 2.07. The molecular weight excluding hydrogens is 328 g/mol. The smallest absolute Gasteiger partial charge is 0.231 e. The first kappa shape index (κ1) is 13.8. The number of nitrogens with zero attached hydrogens (tertiary/aromatic N) is 2. The number of aromatic nitrogens is 2. The van der Waals surface area contributed by atoms with Crippen LogP contribution < -0.4 is 4.74 Å². The van der Waals surface area contributed by atoms with Gasteiger partial charge in [0.15, 0.2) is 5.82 Å². The average molecular weight is 341 g/mol. The Morgan fingerprint density at radius 3 is 2.29 bits per heavy atom. The molecule has 4 heteroatoms. The number of ether oxygens (including phenoxy) is 1. The lowest BCUT2D eigenvalue weighted by Gasteiger charge is -2.08. The summed E-state index contributed by atoms with van der Waals surface area (Å²) in [6.07, 6.45) is 1.72. The summed E-state index contributed by atoms with van der Waals surface area (Å²) in [5.74, 6) is 1.20. The molecule has 3 aromatic rings. The second-order valence-electron chi connectivity index (χ2n) is 4.49. The van der Waals surface area contributed by atoms with E-state index in [1.165, 1.54) is 0 Å². The van der Waals surface area contributed by atoms with E-state index in [2.05, 4.69) is 25.9 Å². The monoisotopic (exact) mass is 340 g/mol. The molecule has 0 amide bonds. The lowest BCUT2D eigenvalue weighted by atomic mass is 10.2. The van der Waals surface area contributed by atoms with Crippen LogP contribution in [0.3, 0.4) is 0 Å². The summed E-state index contributed by atoms with van der Waals surface area (Å²) in [5, 5.41) is 0. The van der Waals surface area contributed by atoms with Crippen LogP contribution in [0.1, 0.15) is 5.56 Å². The molecule has 21 heavy (non-hydrogen) atoms. The van der Waals surface area contributed by atoms with Gasteiger partial charge in [0.25, 0.3) is 0 Å². The van der Waals surface area contributed by atoms with Crippen molar-refractivity contribution in [3.63, 3.8) is 0 Å². The van der Waals surface area contributed by atoms with Crippen LogP contribution in [0.25, 0.3) is 11.4 Å². The molecule has 0 atom stereocenters. The van der Waals surface area contributed by atoms with Gasteiger partial charge in [-0.3, -0.25) is 0 Å². The van der Waals surface area contributed by atoms with Crippen LogP contribution in [0.5, 0.6) is 5.88 Å². The highest BCUT2D eigenvalue weighted by Gasteiger charge is 2.08. The van der Waals surface area contributed by atoms with E-state index in [4.69, 9.17) is 4.74 Å². The largest absolute Gasteiger partial charge is 0.472 e. The van der Waals surface area contributed by atoms with Gasteiger partial charge < -0.3 is 4.74 Å². The van der Waals surface area contributed by atoms with Gasteiger partial charge in [-0.15, -0.1) is 0 Å². The second-order valence-corrected chi connectivity index (χ2v) is 5.34. The van der Waals surface area contributed by atoms with Crippen LogP contribution in [0.4, 0.5) is 0 Å². The molecule has 0 unspecified atom stereocenters. The zero-order valence-electron chi connectivity index (χ0n) is 11.2. The van der Waals surface area contributed by atoms with E-state index < -0.39 is 0 Å². The highest BCUT2D eigenvalue weighted by atomic mass is 79.9. The Labute approximate surface area is 131 Å². The molecule has 1 aromatic heterocycles. The summed E-state index contributed by atoms with van der Waals surface area (Å²) >= 11 is 3.43. The molecule has 3 nitrogen and oxygen atoms in total. The number of benzene rings is 2. The van der Waals surface area contributed by atoms with Gasteiger partial charge in [-0.25, -0.2) is 4.98 Å². The van der Waals surface area contributed by atoms with Gasteiger partial charge in [0.05, 0.1) is 4.47 Å². The fourth-order valence-corrected chi connectivity index (χ4v) is 2.21. The van der Waals surface area contributed by atoms with Crippen LogP contribution >= 0.6 is 15.9 Å². The third-order valence-corrected chi connectivity index (χ3v) is 3.51. The molecule has 0 bridgehead atoms. The standard InChI is InChI=1S/C17H13BrN2O/c18-15-11-19-16(14-9-5-2-6-10-14)20-17(15)21-12-13-7-3-1-4-8-13/h1-11H,12H2. The van der Waals surface area contributed by atoms with Crippen molar-refractivity contribution >= 4 is 15.9 Å². The zero-order valence-corrected chi connectivity index (χ0v) is 12.8. The van der Waals surface area contributed by atoms with Crippen molar-refractivity contribution in [1.82, 2.24) is 9.97 Å². The first-order valence-corrected chi connectivity index (χ1v) is 7.37. The Bertz CT molecular complexity index is 717. The van der Waals surface area contributed by atoms with Crippen molar-refractivity contribution in [2.24, 2.45) is 0 Å². The van der Waals surface area contributed by atoms with E-state index in [-0.39, 0.29) is 0 Å². The van der Waals surface area contributed by atoms with Gasteiger partial charge in [0.1, 0.15) is 6.61 Å². The van der Waals surface area contributed by atoms with Gasteiger partial charge >= 0.3 is 0 Å².